The van der Waals surface area contributed by atoms with Gasteiger partial charge < -0.3 is 9.47 Å². The summed E-state index contributed by atoms with van der Waals surface area (Å²) in [6, 6.07) is 0. The molecule has 2 spiro atoms. The Labute approximate surface area is 210 Å². The molecule has 3 heterocycles. The average molecular weight is 491 g/mol. The molecule has 11 atom stereocenters. The Hall–Kier alpha value is 0.620. The van der Waals surface area contributed by atoms with Crippen molar-refractivity contribution in [1.29, 1.82) is 0 Å². The fourth-order valence-electron chi connectivity index (χ4n) is 11.1. The number of rotatable bonds is 0. The maximum absolute atomic E-state index is 7.11. The molecule has 0 unspecified atom stereocenters. The van der Waals surface area contributed by atoms with E-state index < -0.39 is 0 Å². The summed E-state index contributed by atoms with van der Waals surface area (Å²) in [6.07, 6.45) is 14.6. The minimum Gasteiger partial charge on any atom is -0.349 e. The van der Waals surface area contributed by atoms with Crippen molar-refractivity contribution in [2.75, 3.05) is 18.1 Å². The van der Waals surface area contributed by atoms with Crippen molar-refractivity contribution in [2.45, 2.75) is 108 Å². The molecule has 3 aliphatic heterocycles. The average Bonchev–Trinajstić information content (AvgIpc) is 3.46. The van der Waals surface area contributed by atoms with Gasteiger partial charge in [-0.3, -0.25) is 0 Å². The highest BCUT2D eigenvalue weighted by Crippen LogP contribution is 2.79. The molecule has 4 aliphatic carbocycles. The summed E-state index contributed by atoms with van der Waals surface area (Å²) in [7, 11) is 0. The lowest BCUT2D eigenvalue weighted by atomic mass is 9.44. The van der Waals surface area contributed by atoms with Crippen LogP contribution in [0, 0.1) is 52.3 Å². The van der Waals surface area contributed by atoms with Gasteiger partial charge in [-0.15, -0.1) is 23.5 Å². The van der Waals surface area contributed by atoms with E-state index in [1.807, 2.05) is 0 Å². The van der Waals surface area contributed by atoms with Crippen molar-refractivity contribution in [3.8, 4) is 0 Å². The smallest absolute Gasteiger partial charge is 0.171 e. The Morgan fingerprint density at radius 3 is 2.45 bits per heavy atom. The van der Waals surface area contributed by atoms with Crippen LogP contribution in [0.25, 0.3) is 0 Å². The first-order valence-corrected chi connectivity index (χ1v) is 16.4. The highest BCUT2D eigenvalue weighted by molar-refractivity contribution is 8.21. The first-order chi connectivity index (χ1) is 15.8. The predicted molar refractivity (Wildman–Crippen MR) is 139 cm³/mol. The van der Waals surface area contributed by atoms with Gasteiger partial charge in [-0.2, -0.15) is 0 Å². The Morgan fingerprint density at radius 1 is 0.879 bits per heavy atom. The molecule has 4 heteroatoms. The van der Waals surface area contributed by atoms with Gasteiger partial charge in [0, 0.05) is 35.2 Å². The van der Waals surface area contributed by atoms with Crippen molar-refractivity contribution < 1.29 is 9.47 Å². The molecule has 0 aromatic heterocycles. The van der Waals surface area contributed by atoms with Crippen LogP contribution in [0.2, 0.25) is 0 Å². The van der Waals surface area contributed by atoms with Gasteiger partial charge in [-0.05, 0) is 80.0 Å². The van der Waals surface area contributed by atoms with Crippen LogP contribution in [0.5, 0.6) is 0 Å². The first-order valence-electron chi connectivity index (χ1n) is 14.4. The Balaban J connectivity index is 1.28. The second-order valence-corrected chi connectivity index (χ2v) is 16.9. The molecule has 7 rings (SSSR count). The summed E-state index contributed by atoms with van der Waals surface area (Å²) in [6.45, 7) is 11.3. The van der Waals surface area contributed by atoms with Gasteiger partial charge in [0.25, 0.3) is 0 Å². The van der Waals surface area contributed by atoms with Crippen molar-refractivity contribution in [2.24, 2.45) is 52.3 Å². The van der Waals surface area contributed by atoms with E-state index in [-0.39, 0.29) is 5.79 Å². The Kier molecular flexibility index (Phi) is 5.23. The molecule has 0 aromatic rings. The largest absolute Gasteiger partial charge is 0.349 e. The van der Waals surface area contributed by atoms with Crippen molar-refractivity contribution in [3.63, 3.8) is 0 Å². The summed E-state index contributed by atoms with van der Waals surface area (Å²) in [5.74, 6) is 8.06. The van der Waals surface area contributed by atoms with Crippen LogP contribution >= 0.6 is 23.5 Å². The van der Waals surface area contributed by atoms with Gasteiger partial charge in [0.05, 0.1) is 16.8 Å². The van der Waals surface area contributed by atoms with E-state index in [2.05, 4.69) is 51.2 Å². The Morgan fingerprint density at radius 2 is 1.70 bits per heavy atom. The molecule has 0 aromatic carbocycles. The normalized spacial score (nSPS) is 59.3. The summed E-state index contributed by atoms with van der Waals surface area (Å²) in [5.41, 5.74) is 0.991. The number of thioether (sulfide) groups is 2. The third kappa shape index (κ3) is 2.85. The van der Waals surface area contributed by atoms with Gasteiger partial charge in [-0.25, -0.2) is 0 Å². The minimum atomic E-state index is -0.283. The van der Waals surface area contributed by atoms with E-state index >= 15 is 0 Å². The maximum atomic E-state index is 7.11. The topological polar surface area (TPSA) is 18.5 Å². The van der Waals surface area contributed by atoms with E-state index in [1.54, 1.807) is 0 Å². The zero-order chi connectivity index (χ0) is 22.6. The van der Waals surface area contributed by atoms with Gasteiger partial charge in [0.1, 0.15) is 0 Å². The first kappa shape index (κ1) is 22.8. The van der Waals surface area contributed by atoms with Crippen LogP contribution in [0.15, 0.2) is 0 Å². The quantitative estimate of drug-likeness (QED) is 0.348. The minimum absolute atomic E-state index is 0.283. The molecule has 2 nitrogen and oxygen atoms in total. The zero-order valence-corrected chi connectivity index (χ0v) is 23.1. The van der Waals surface area contributed by atoms with E-state index in [9.17, 15) is 0 Å². The molecular weight excluding hydrogens is 444 g/mol. The molecule has 0 bridgehead atoms. The van der Waals surface area contributed by atoms with Gasteiger partial charge in [0.2, 0.25) is 0 Å². The summed E-state index contributed by atoms with van der Waals surface area (Å²) < 4.78 is 14.1. The maximum Gasteiger partial charge on any atom is 0.171 e. The summed E-state index contributed by atoms with van der Waals surface area (Å²) >= 11 is 4.78. The van der Waals surface area contributed by atoms with Crippen LogP contribution in [-0.2, 0) is 9.47 Å². The number of fused-ring (bicyclic) bond motifs is 8. The lowest BCUT2D eigenvalue weighted by Crippen LogP contribution is -2.62. The third-order valence-corrected chi connectivity index (χ3v) is 16.7. The zero-order valence-electron chi connectivity index (χ0n) is 21.4. The van der Waals surface area contributed by atoms with Gasteiger partial charge in [0.15, 0.2) is 5.79 Å². The van der Waals surface area contributed by atoms with Crippen molar-refractivity contribution in [3.05, 3.63) is 0 Å². The van der Waals surface area contributed by atoms with E-state index in [4.69, 9.17) is 9.47 Å². The second kappa shape index (κ2) is 7.57. The molecule has 7 fully saturated rings. The van der Waals surface area contributed by atoms with E-state index in [1.165, 1.54) is 69.3 Å². The second-order valence-electron chi connectivity index (χ2n) is 13.8. The molecule has 7 aliphatic rings. The molecule has 33 heavy (non-hydrogen) atoms. The van der Waals surface area contributed by atoms with Crippen molar-refractivity contribution in [1.82, 2.24) is 0 Å². The molecule has 0 radical (unpaired) electrons. The molecule has 0 amide bonds. The van der Waals surface area contributed by atoms with Gasteiger partial charge >= 0.3 is 0 Å². The highest BCUT2D eigenvalue weighted by atomic mass is 32.2. The van der Waals surface area contributed by atoms with Crippen LogP contribution < -0.4 is 0 Å². The molecular formula is C29H46O2S2. The molecule has 3 saturated heterocycles. The van der Waals surface area contributed by atoms with Crippen LogP contribution in [0.1, 0.15) is 91.9 Å². The monoisotopic (exact) mass is 490 g/mol. The number of ether oxygens (including phenoxy) is 2. The standard InChI is InChI=1S/C29H46O2S2/c1-18-10-12-28(30-17-18)19(2)25-24(31-28)15-22-21-9-8-20-7-5-6-11-26(20,3)23(21)16-29(27(22,25)4)32-13-14-33-29/h18-25H,5-17H2,1-4H3/t18-,19+,20-,21+,22+,23+,24+,25+,26+,27+,28-/m1/s1. The summed E-state index contributed by atoms with van der Waals surface area (Å²) in [4.78, 5) is 0. The molecule has 0 N–H and O–H groups in total. The lowest BCUT2D eigenvalue weighted by Gasteiger charge is -2.66. The van der Waals surface area contributed by atoms with Crippen LogP contribution in [0.3, 0.4) is 0 Å². The number of hydrogen-bond donors (Lipinski definition) is 0. The van der Waals surface area contributed by atoms with E-state index in [0.717, 1.165) is 36.7 Å². The Bertz CT molecular complexity index is 786. The fourth-order valence-corrected chi connectivity index (χ4v) is 15.1. The predicted octanol–water partition coefficient (Wildman–Crippen LogP) is 7.61. The van der Waals surface area contributed by atoms with Gasteiger partial charge in [-0.1, -0.05) is 40.5 Å². The third-order valence-electron chi connectivity index (χ3n) is 12.8. The summed E-state index contributed by atoms with van der Waals surface area (Å²) in [5, 5.41) is 0. The number of hydrogen-bond acceptors (Lipinski definition) is 4. The van der Waals surface area contributed by atoms with Crippen LogP contribution in [0.4, 0.5) is 0 Å². The lowest BCUT2D eigenvalue weighted by molar-refractivity contribution is -0.273. The molecule has 186 valence electrons. The van der Waals surface area contributed by atoms with E-state index in [0.29, 0.717) is 38.8 Å². The van der Waals surface area contributed by atoms with Crippen molar-refractivity contribution >= 4 is 23.5 Å². The molecule has 4 saturated carbocycles. The van der Waals surface area contributed by atoms with Crippen LogP contribution in [-0.4, -0.2) is 34.1 Å². The fraction of sp³-hybridized carbons (Fsp3) is 1.00. The SMILES string of the molecule is C[C@@H]1CC[C@@]2(OC1)O[C@H]1C[C@H]3[C@@H]4CC[C@H]5CCCC[C@]5(C)[C@H]4CC4(SCCS4)[C@]3(C)[C@H]1[C@@H]2C. The highest BCUT2D eigenvalue weighted by Gasteiger charge is 2.75.